The molecule has 0 aliphatic rings. The zero-order chi connectivity index (χ0) is 11.3. The standard InChI is InChI=1S/C10H10BNO3/c1-7(13)12-9-4-2-8(3-5-9)6-15-10(11)14/h2-5H,6H2,1H3,(H,12,13). The van der Waals surface area contributed by atoms with Crippen LogP contribution in [0.15, 0.2) is 24.3 Å². The van der Waals surface area contributed by atoms with E-state index in [9.17, 15) is 9.59 Å². The summed E-state index contributed by atoms with van der Waals surface area (Å²) in [5.41, 5.74) is 1.51. The van der Waals surface area contributed by atoms with Crippen LogP contribution in [0.1, 0.15) is 12.5 Å². The predicted octanol–water partition coefficient (Wildman–Crippen LogP) is 1.45. The van der Waals surface area contributed by atoms with Crippen LogP contribution in [0.2, 0.25) is 0 Å². The fourth-order valence-electron chi connectivity index (χ4n) is 1.04. The third-order valence-electron chi connectivity index (χ3n) is 1.66. The lowest BCUT2D eigenvalue weighted by molar-refractivity contribution is -0.114. The number of nitrogens with one attached hydrogen (secondary N) is 1. The minimum atomic E-state index is -0.805. The van der Waals surface area contributed by atoms with Crippen LogP contribution in [0.5, 0.6) is 0 Å². The average Bonchev–Trinajstić information content (AvgIpc) is 2.16. The van der Waals surface area contributed by atoms with Gasteiger partial charge in [-0.1, -0.05) is 12.1 Å². The van der Waals surface area contributed by atoms with Crippen LogP contribution >= 0.6 is 0 Å². The van der Waals surface area contributed by atoms with Gasteiger partial charge in [0.25, 0.3) is 0 Å². The molecule has 1 aromatic rings. The molecule has 0 unspecified atom stereocenters. The number of ether oxygens (including phenoxy) is 1. The van der Waals surface area contributed by atoms with Crippen molar-refractivity contribution in [1.82, 2.24) is 0 Å². The molecule has 1 aromatic carbocycles. The van der Waals surface area contributed by atoms with Crippen molar-refractivity contribution in [2.75, 3.05) is 5.32 Å². The molecule has 0 bridgehead atoms. The predicted molar refractivity (Wildman–Crippen MR) is 56.7 cm³/mol. The Morgan fingerprint density at radius 2 is 1.93 bits per heavy atom. The van der Waals surface area contributed by atoms with E-state index in [1.807, 2.05) is 0 Å². The first kappa shape index (κ1) is 11.3. The Morgan fingerprint density at radius 3 is 2.40 bits per heavy atom. The second-order valence-electron chi connectivity index (χ2n) is 2.99. The molecular formula is C10H10BNO3. The molecule has 1 N–H and O–H groups in total. The first-order valence-electron chi connectivity index (χ1n) is 4.36. The zero-order valence-electron chi connectivity index (χ0n) is 8.32. The maximum Gasteiger partial charge on any atom is 0.236 e. The van der Waals surface area contributed by atoms with Gasteiger partial charge in [-0.25, -0.2) is 0 Å². The van der Waals surface area contributed by atoms with Gasteiger partial charge in [0.1, 0.15) is 6.61 Å². The van der Waals surface area contributed by atoms with Gasteiger partial charge in [-0.15, -0.1) is 0 Å². The van der Waals surface area contributed by atoms with Crippen LogP contribution in [0.25, 0.3) is 0 Å². The summed E-state index contributed by atoms with van der Waals surface area (Å²) in [6.07, 6.45) is 0. The van der Waals surface area contributed by atoms with E-state index in [2.05, 4.69) is 10.1 Å². The molecule has 0 aliphatic heterocycles. The lowest BCUT2D eigenvalue weighted by atomic mass is 10.2. The van der Waals surface area contributed by atoms with Gasteiger partial charge in [0.05, 0.1) is 0 Å². The highest BCUT2D eigenvalue weighted by atomic mass is 16.5. The highest BCUT2D eigenvalue weighted by Crippen LogP contribution is 2.10. The largest absolute Gasteiger partial charge is 0.470 e. The van der Waals surface area contributed by atoms with Gasteiger partial charge in [-0.3, -0.25) is 9.59 Å². The fourth-order valence-corrected chi connectivity index (χ4v) is 1.04. The van der Waals surface area contributed by atoms with Gasteiger partial charge in [-0.05, 0) is 17.7 Å². The SMILES string of the molecule is [B]C(=O)OCc1ccc(NC(C)=O)cc1. The molecule has 1 amide bonds. The number of carbonyl (C=O) groups excluding carboxylic acids is 2. The Kier molecular flexibility index (Phi) is 3.91. The highest BCUT2D eigenvalue weighted by Gasteiger charge is 1.98. The minimum Gasteiger partial charge on any atom is -0.470 e. The highest BCUT2D eigenvalue weighted by molar-refractivity contribution is 6.55. The smallest absolute Gasteiger partial charge is 0.236 e. The van der Waals surface area contributed by atoms with Crippen molar-refractivity contribution >= 4 is 25.3 Å². The molecule has 15 heavy (non-hydrogen) atoms. The second kappa shape index (κ2) is 5.19. The topological polar surface area (TPSA) is 55.4 Å². The van der Waals surface area contributed by atoms with Gasteiger partial charge in [0.2, 0.25) is 19.6 Å². The summed E-state index contributed by atoms with van der Waals surface area (Å²) in [5.74, 6) is -0.933. The van der Waals surface area contributed by atoms with E-state index >= 15 is 0 Å². The Labute approximate surface area is 89.0 Å². The zero-order valence-corrected chi connectivity index (χ0v) is 8.32. The molecule has 76 valence electrons. The van der Waals surface area contributed by atoms with Crippen LogP contribution < -0.4 is 5.32 Å². The van der Waals surface area contributed by atoms with Crippen molar-refractivity contribution in [2.24, 2.45) is 0 Å². The number of rotatable bonds is 3. The van der Waals surface area contributed by atoms with Gasteiger partial charge in [-0.2, -0.15) is 0 Å². The van der Waals surface area contributed by atoms with E-state index in [0.717, 1.165) is 5.56 Å². The van der Waals surface area contributed by atoms with Gasteiger partial charge < -0.3 is 10.1 Å². The van der Waals surface area contributed by atoms with Crippen molar-refractivity contribution in [3.8, 4) is 0 Å². The summed E-state index contributed by atoms with van der Waals surface area (Å²) in [6, 6.07) is 6.94. The first-order chi connectivity index (χ1) is 7.08. The third-order valence-corrected chi connectivity index (χ3v) is 1.66. The van der Waals surface area contributed by atoms with E-state index in [-0.39, 0.29) is 12.5 Å². The molecule has 0 atom stereocenters. The minimum absolute atomic E-state index is 0.129. The fraction of sp³-hybridized carbons (Fsp3) is 0.200. The van der Waals surface area contributed by atoms with Gasteiger partial charge >= 0.3 is 0 Å². The maximum absolute atomic E-state index is 10.7. The molecule has 5 heteroatoms. The summed E-state index contributed by atoms with van der Waals surface area (Å²) in [6.45, 7) is 1.57. The summed E-state index contributed by atoms with van der Waals surface area (Å²) < 4.78 is 4.60. The van der Waals surface area contributed by atoms with Crippen LogP contribution in [0.3, 0.4) is 0 Å². The number of anilines is 1. The van der Waals surface area contributed by atoms with Crippen molar-refractivity contribution in [1.29, 1.82) is 0 Å². The number of benzene rings is 1. The summed E-state index contributed by atoms with van der Waals surface area (Å²) in [4.78, 5) is 21.0. The Balaban J connectivity index is 2.56. The van der Waals surface area contributed by atoms with Crippen molar-refractivity contribution in [3.05, 3.63) is 29.8 Å². The molecule has 2 radical (unpaired) electrons. The molecule has 0 spiro atoms. The summed E-state index contributed by atoms with van der Waals surface area (Å²) >= 11 is 0. The van der Waals surface area contributed by atoms with Gasteiger partial charge in [0, 0.05) is 12.6 Å². The molecule has 0 aliphatic carbocycles. The molecule has 1 rings (SSSR count). The van der Waals surface area contributed by atoms with E-state index in [1.54, 1.807) is 24.3 Å². The lowest BCUT2D eigenvalue weighted by Crippen LogP contribution is -2.06. The molecule has 0 fully saturated rings. The van der Waals surface area contributed by atoms with Gasteiger partial charge in [0.15, 0.2) is 0 Å². The Morgan fingerprint density at radius 1 is 1.33 bits per heavy atom. The van der Waals surface area contributed by atoms with Crippen LogP contribution in [-0.2, 0) is 16.1 Å². The van der Waals surface area contributed by atoms with Crippen LogP contribution in [-0.4, -0.2) is 19.6 Å². The second-order valence-corrected chi connectivity index (χ2v) is 2.99. The van der Waals surface area contributed by atoms with E-state index in [1.165, 1.54) is 6.92 Å². The Hall–Kier alpha value is -1.78. The molecule has 0 aromatic heterocycles. The normalized spacial score (nSPS) is 9.40. The van der Waals surface area contributed by atoms with E-state index in [0.29, 0.717) is 5.69 Å². The monoisotopic (exact) mass is 203 g/mol. The number of amides is 1. The van der Waals surface area contributed by atoms with Crippen molar-refractivity contribution in [2.45, 2.75) is 13.5 Å². The van der Waals surface area contributed by atoms with Crippen LogP contribution in [0.4, 0.5) is 10.5 Å². The number of hydrogen-bond donors (Lipinski definition) is 1. The molecular weight excluding hydrogens is 193 g/mol. The lowest BCUT2D eigenvalue weighted by Gasteiger charge is -2.04. The Bertz CT molecular complexity index is 361. The maximum atomic E-state index is 10.7. The molecule has 0 heterocycles. The number of carbonyl (C=O) groups is 2. The van der Waals surface area contributed by atoms with E-state index in [4.69, 9.17) is 7.85 Å². The quantitative estimate of drug-likeness (QED) is 0.756. The summed E-state index contributed by atoms with van der Waals surface area (Å²) in [5, 5.41) is 2.63. The first-order valence-corrected chi connectivity index (χ1v) is 4.36. The molecule has 0 saturated heterocycles. The number of hydrogen-bond acceptors (Lipinski definition) is 3. The third kappa shape index (κ3) is 4.31. The molecule has 0 saturated carbocycles. The summed E-state index contributed by atoms with van der Waals surface area (Å²) in [7, 11) is 4.82. The van der Waals surface area contributed by atoms with Crippen molar-refractivity contribution < 1.29 is 14.3 Å². The molecule has 4 nitrogen and oxygen atoms in total. The average molecular weight is 203 g/mol. The van der Waals surface area contributed by atoms with E-state index < -0.39 is 5.87 Å². The van der Waals surface area contributed by atoms with Crippen molar-refractivity contribution in [3.63, 3.8) is 0 Å². The van der Waals surface area contributed by atoms with Crippen LogP contribution in [0, 0.1) is 0 Å².